The third-order valence-corrected chi connectivity index (χ3v) is 5.73. The highest BCUT2D eigenvalue weighted by atomic mass is 19.1. The van der Waals surface area contributed by atoms with E-state index in [2.05, 4.69) is 10.2 Å². The maximum atomic E-state index is 13.7. The number of amides is 2. The Bertz CT molecular complexity index is 943. The summed E-state index contributed by atoms with van der Waals surface area (Å²) in [6.07, 6.45) is 4.21. The predicted octanol–water partition coefficient (Wildman–Crippen LogP) is 4.18. The predicted molar refractivity (Wildman–Crippen MR) is 107 cm³/mol. The van der Waals surface area contributed by atoms with Crippen LogP contribution < -0.4 is 10.2 Å². The first-order valence-corrected chi connectivity index (χ1v) is 9.71. The Kier molecular flexibility index (Phi) is 4.79. The molecule has 2 heterocycles. The van der Waals surface area contributed by atoms with Crippen LogP contribution in [-0.4, -0.2) is 36.5 Å². The largest absolute Gasteiger partial charge is 0.354 e. The van der Waals surface area contributed by atoms with Crippen molar-refractivity contribution in [1.82, 2.24) is 4.90 Å². The zero-order valence-corrected chi connectivity index (χ0v) is 16.2. The van der Waals surface area contributed by atoms with E-state index in [1.807, 2.05) is 11.9 Å². The van der Waals surface area contributed by atoms with Crippen LogP contribution >= 0.6 is 0 Å². The van der Waals surface area contributed by atoms with Gasteiger partial charge in [0.2, 0.25) is 0 Å². The van der Waals surface area contributed by atoms with Crippen LogP contribution in [0, 0.1) is 12.7 Å². The van der Waals surface area contributed by atoms with Crippen LogP contribution in [0.5, 0.6) is 0 Å². The summed E-state index contributed by atoms with van der Waals surface area (Å²) in [4.78, 5) is 29.7. The van der Waals surface area contributed by atoms with Crippen molar-refractivity contribution in [3.63, 3.8) is 0 Å². The number of nitrogens with zero attached hydrogens (tertiary/aromatic N) is 2. The Labute approximate surface area is 164 Å². The normalized spacial score (nSPS) is 19.0. The van der Waals surface area contributed by atoms with Gasteiger partial charge < -0.3 is 15.1 Å². The average Bonchev–Trinajstić information content (AvgIpc) is 2.95. The highest BCUT2D eigenvalue weighted by molar-refractivity contribution is 6.08. The van der Waals surface area contributed by atoms with E-state index in [1.165, 1.54) is 6.07 Å². The fourth-order valence-corrected chi connectivity index (χ4v) is 4.06. The number of anilines is 2. The van der Waals surface area contributed by atoms with Gasteiger partial charge in [0.05, 0.1) is 11.3 Å². The lowest BCUT2D eigenvalue weighted by molar-refractivity contribution is 0.0661. The molecule has 0 aliphatic carbocycles. The Balaban J connectivity index is 1.62. The number of carbonyl (C=O) groups excluding carboxylic acids is 2. The molecule has 0 bridgehead atoms. The molecule has 0 spiro atoms. The lowest BCUT2D eigenvalue weighted by atomic mass is 10.0. The number of carbonyl (C=O) groups is 2. The highest BCUT2D eigenvalue weighted by Crippen LogP contribution is 2.34. The molecule has 2 aromatic rings. The summed E-state index contributed by atoms with van der Waals surface area (Å²) in [5, 5.41) is 2.73. The first kappa shape index (κ1) is 18.5. The van der Waals surface area contributed by atoms with E-state index in [9.17, 15) is 14.0 Å². The van der Waals surface area contributed by atoms with E-state index in [1.54, 1.807) is 37.3 Å². The van der Waals surface area contributed by atoms with Gasteiger partial charge >= 0.3 is 0 Å². The van der Waals surface area contributed by atoms with Crippen molar-refractivity contribution in [3.8, 4) is 0 Å². The Morgan fingerprint density at radius 3 is 2.75 bits per heavy atom. The minimum atomic E-state index is -0.359. The van der Waals surface area contributed by atoms with Gasteiger partial charge in [-0.05, 0) is 62.1 Å². The van der Waals surface area contributed by atoms with Gasteiger partial charge in [0.1, 0.15) is 12.0 Å². The second kappa shape index (κ2) is 7.26. The van der Waals surface area contributed by atoms with Gasteiger partial charge in [-0.2, -0.15) is 0 Å². The zero-order valence-electron chi connectivity index (χ0n) is 16.2. The molecule has 0 radical (unpaired) electrons. The minimum Gasteiger partial charge on any atom is -0.354 e. The summed E-state index contributed by atoms with van der Waals surface area (Å²) < 4.78 is 13.7. The number of halogens is 1. The number of fused-ring (bicyclic) bond motifs is 2. The molecule has 2 aliphatic rings. The first-order valence-electron chi connectivity index (χ1n) is 9.71. The third-order valence-electron chi connectivity index (χ3n) is 5.73. The Hall–Kier alpha value is -2.89. The van der Waals surface area contributed by atoms with Crippen molar-refractivity contribution in [2.45, 2.75) is 38.8 Å². The van der Waals surface area contributed by atoms with E-state index >= 15 is 0 Å². The summed E-state index contributed by atoms with van der Waals surface area (Å²) in [5.41, 5.74) is 2.78. The van der Waals surface area contributed by atoms with Gasteiger partial charge in [-0.25, -0.2) is 4.39 Å². The molecule has 1 N–H and O–H groups in total. The van der Waals surface area contributed by atoms with Gasteiger partial charge in [-0.1, -0.05) is 12.5 Å². The lowest BCUT2D eigenvalue weighted by Gasteiger charge is -2.43. The standard InChI is InChI=1S/C22H24FN3O2/c1-14-7-9-16(13-18(14)23)24-21(27)15-8-10-17-19(12-15)25(2)20-6-4-3-5-11-26(20)22(17)28/h7-10,12-13,20H,3-6,11H2,1-2H3,(H,24,27)/t20-/m0/s1. The maximum absolute atomic E-state index is 13.7. The minimum absolute atomic E-state index is 0.0343. The molecule has 1 fully saturated rings. The van der Waals surface area contributed by atoms with Crippen LogP contribution in [0.15, 0.2) is 36.4 Å². The summed E-state index contributed by atoms with van der Waals surface area (Å²) in [6, 6.07) is 9.75. The van der Waals surface area contributed by atoms with Crippen molar-refractivity contribution in [1.29, 1.82) is 0 Å². The van der Waals surface area contributed by atoms with E-state index < -0.39 is 0 Å². The van der Waals surface area contributed by atoms with Crippen LogP contribution in [0.25, 0.3) is 0 Å². The first-order chi connectivity index (χ1) is 13.5. The molecule has 2 amide bonds. The molecule has 28 heavy (non-hydrogen) atoms. The molecule has 0 aromatic heterocycles. The number of nitrogens with one attached hydrogen (secondary N) is 1. The smallest absolute Gasteiger partial charge is 0.257 e. The summed E-state index contributed by atoms with van der Waals surface area (Å²) in [7, 11) is 1.98. The van der Waals surface area contributed by atoms with Gasteiger partial charge in [-0.3, -0.25) is 9.59 Å². The molecule has 2 aromatic carbocycles. The van der Waals surface area contributed by atoms with Crippen LogP contribution in [0.2, 0.25) is 0 Å². The van der Waals surface area contributed by atoms with Crippen LogP contribution in [0.1, 0.15) is 52.0 Å². The molecule has 5 nitrogen and oxygen atoms in total. The molecular weight excluding hydrogens is 357 g/mol. The van der Waals surface area contributed by atoms with Crippen molar-refractivity contribution in [3.05, 3.63) is 58.9 Å². The van der Waals surface area contributed by atoms with E-state index in [-0.39, 0.29) is 23.8 Å². The molecule has 146 valence electrons. The van der Waals surface area contributed by atoms with Gasteiger partial charge in [0.25, 0.3) is 11.8 Å². The van der Waals surface area contributed by atoms with Crippen LogP contribution in [0.3, 0.4) is 0 Å². The molecular formula is C22H24FN3O2. The van der Waals surface area contributed by atoms with E-state index in [0.29, 0.717) is 22.4 Å². The molecule has 1 saturated heterocycles. The van der Waals surface area contributed by atoms with E-state index in [4.69, 9.17) is 0 Å². The Morgan fingerprint density at radius 1 is 1.14 bits per heavy atom. The SMILES string of the molecule is Cc1ccc(NC(=O)c2ccc3c(c2)N(C)[C@@H]2CCCCCN2C3=O)cc1F. The number of aryl methyl sites for hydroxylation is 1. The quantitative estimate of drug-likeness (QED) is 0.849. The summed E-state index contributed by atoms with van der Waals surface area (Å²) in [6.45, 7) is 2.45. The maximum Gasteiger partial charge on any atom is 0.257 e. The fraction of sp³-hybridized carbons (Fsp3) is 0.364. The molecule has 2 aliphatic heterocycles. The number of benzene rings is 2. The lowest BCUT2D eigenvalue weighted by Crippen LogP contribution is -2.53. The van der Waals surface area contributed by atoms with Crippen LogP contribution in [-0.2, 0) is 0 Å². The highest BCUT2D eigenvalue weighted by Gasteiger charge is 2.36. The molecule has 6 heteroatoms. The van der Waals surface area contributed by atoms with Gasteiger partial charge in [0, 0.05) is 24.8 Å². The van der Waals surface area contributed by atoms with Crippen LogP contribution in [0.4, 0.5) is 15.8 Å². The average molecular weight is 381 g/mol. The van der Waals surface area contributed by atoms with E-state index in [0.717, 1.165) is 37.9 Å². The third kappa shape index (κ3) is 3.23. The molecule has 1 atom stereocenters. The monoisotopic (exact) mass is 381 g/mol. The molecule has 4 rings (SSSR count). The fourth-order valence-electron chi connectivity index (χ4n) is 4.06. The number of hydrogen-bond donors (Lipinski definition) is 1. The molecule has 0 saturated carbocycles. The van der Waals surface area contributed by atoms with Gasteiger partial charge in [-0.15, -0.1) is 0 Å². The Morgan fingerprint density at radius 2 is 1.96 bits per heavy atom. The number of hydrogen-bond acceptors (Lipinski definition) is 3. The summed E-state index contributed by atoms with van der Waals surface area (Å²) >= 11 is 0. The van der Waals surface area contributed by atoms with Crippen molar-refractivity contribution in [2.24, 2.45) is 0 Å². The number of rotatable bonds is 2. The van der Waals surface area contributed by atoms with Crippen molar-refractivity contribution < 1.29 is 14.0 Å². The zero-order chi connectivity index (χ0) is 19.8. The molecule has 0 unspecified atom stereocenters. The second-order valence-electron chi connectivity index (χ2n) is 7.59. The van der Waals surface area contributed by atoms with Gasteiger partial charge in [0.15, 0.2) is 0 Å². The summed E-state index contributed by atoms with van der Waals surface area (Å²) in [5.74, 6) is -0.648. The second-order valence-corrected chi connectivity index (χ2v) is 7.59. The topological polar surface area (TPSA) is 52.7 Å². The van der Waals surface area contributed by atoms with Crippen molar-refractivity contribution >= 4 is 23.2 Å². The van der Waals surface area contributed by atoms with Crippen molar-refractivity contribution in [2.75, 3.05) is 23.8 Å².